The molecule has 5 nitrogen and oxygen atoms in total. The van der Waals surface area contributed by atoms with Gasteiger partial charge in [0, 0.05) is 7.11 Å². The van der Waals surface area contributed by atoms with Crippen molar-refractivity contribution in [2.24, 2.45) is 0 Å². The second kappa shape index (κ2) is 2.95. The van der Waals surface area contributed by atoms with E-state index in [1.54, 1.807) is 6.92 Å². The molecule has 0 spiro atoms. The monoisotopic (exact) mass is 174 g/mol. The Morgan fingerprint density at radius 3 is 2.50 bits per heavy atom. The van der Waals surface area contributed by atoms with E-state index in [2.05, 4.69) is 4.89 Å². The molecule has 1 N–H and O–H groups in total. The summed E-state index contributed by atoms with van der Waals surface area (Å²) < 4.78 is 9.91. The highest BCUT2D eigenvalue weighted by molar-refractivity contribution is 5.64. The highest BCUT2D eigenvalue weighted by Crippen LogP contribution is 2.30. The molecule has 0 saturated carbocycles. The van der Waals surface area contributed by atoms with Crippen molar-refractivity contribution in [2.75, 3.05) is 7.11 Å². The number of carbonyl (C=O) groups excluding carboxylic acids is 1. The SMILES string of the molecule is CO[C@@]1(C)C=C[C@](C=O)(OO)O1. The molecule has 0 aromatic heterocycles. The largest absolute Gasteiger partial charge is 0.350 e. The third-order valence-corrected chi connectivity index (χ3v) is 1.69. The van der Waals surface area contributed by atoms with Crippen molar-refractivity contribution in [2.45, 2.75) is 18.5 Å². The zero-order chi connectivity index (χ0) is 9.24. The van der Waals surface area contributed by atoms with E-state index in [1.807, 2.05) is 0 Å². The van der Waals surface area contributed by atoms with E-state index in [4.69, 9.17) is 14.7 Å². The molecule has 1 heterocycles. The summed E-state index contributed by atoms with van der Waals surface area (Å²) in [6.45, 7) is 1.59. The maximum Gasteiger partial charge on any atom is 0.279 e. The summed E-state index contributed by atoms with van der Waals surface area (Å²) in [6, 6.07) is 0. The summed E-state index contributed by atoms with van der Waals surface area (Å²) in [6.07, 6.45) is 3.11. The van der Waals surface area contributed by atoms with Gasteiger partial charge in [0.2, 0.25) is 0 Å². The molecular weight excluding hydrogens is 164 g/mol. The topological polar surface area (TPSA) is 65.0 Å². The van der Waals surface area contributed by atoms with Crippen LogP contribution in [0, 0.1) is 0 Å². The first kappa shape index (κ1) is 9.34. The number of aldehydes is 1. The highest BCUT2D eigenvalue weighted by Gasteiger charge is 2.44. The van der Waals surface area contributed by atoms with Crippen LogP contribution in [-0.4, -0.2) is 30.2 Å². The maximum absolute atomic E-state index is 10.4. The molecule has 0 bridgehead atoms. The van der Waals surface area contributed by atoms with Crippen LogP contribution in [0.25, 0.3) is 0 Å². The number of carbonyl (C=O) groups is 1. The fraction of sp³-hybridized carbons (Fsp3) is 0.571. The molecule has 0 saturated heterocycles. The zero-order valence-corrected chi connectivity index (χ0v) is 6.81. The third-order valence-electron chi connectivity index (χ3n) is 1.69. The average Bonchev–Trinajstić information content (AvgIpc) is 2.46. The summed E-state index contributed by atoms with van der Waals surface area (Å²) in [7, 11) is 1.42. The van der Waals surface area contributed by atoms with E-state index >= 15 is 0 Å². The van der Waals surface area contributed by atoms with Crippen LogP contribution in [0.1, 0.15) is 6.92 Å². The van der Waals surface area contributed by atoms with Gasteiger partial charge in [0.05, 0.1) is 0 Å². The molecule has 0 aromatic carbocycles. The third kappa shape index (κ3) is 1.39. The predicted molar refractivity (Wildman–Crippen MR) is 38.1 cm³/mol. The van der Waals surface area contributed by atoms with Gasteiger partial charge in [-0.1, -0.05) is 0 Å². The lowest BCUT2D eigenvalue weighted by Gasteiger charge is -2.25. The van der Waals surface area contributed by atoms with Crippen molar-refractivity contribution in [3.8, 4) is 0 Å². The minimum absolute atomic E-state index is 0.341. The lowest BCUT2D eigenvalue weighted by atomic mass is 10.3. The van der Waals surface area contributed by atoms with Crippen LogP contribution < -0.4 is 0 Å². The van der Waals surface area contributed by atoms with Crippen molar-refractivity contribution >= 4 is 6.29 Å². The molecule has 0 radical (unpaired) electrons. The quantitative estimate of drug-likeness (QED) is 0.289. The van der Waals surface area contributed by atoms with Gasteiger partial charge in [-0.15, -0.1) is 0 Å². The van der Waals surface area contributed by atoms with E-state index < -0.39 is 11.6 Å². The van der Waals surface area contributed by atoms with Crippen LogP contribution in [0.3, 0.4) is 0 Å². The minimum Gasteiger partial charge on any atom is -0.350 e. The van der Waals surface area contributed by atoms with Crippen molar-refractivity contribution < 1.29 is 24.4 Å². The maximum atomic E-state index is 10.4. The first-order chi connectivity index (χ1) is 5.60. The van der Waals surface area contributed by atoms with Gasteiger partial charge in [-0.3, -0.25) is 4.79 Å². The summed E-state index contributed by atoms with van der Waals surface area (Å²) in [5.74, 6) is -2.74. The Bertz CT molecular complexity index is 214. The van der Waals surface area contributed by atoms with Crippen LogP contribution in [0.5, 0.6) is 0 Å². The minimum atomic E-state index is -1.72. The van der Waals surface area contributed by atoms with Crippen LogP contribution in [-0.2, 0) is 19.2 Å². The molecule has 1 rings (SSSR count). The molecule has 0 aliphatic carbocycles. The molecule has 12 heavy (non-hydrogen) atoms. The Hall–Kier alpha value is -0.750. The normalized spacial score (nSPS) is 40.2. The van der Waals surface area contributed by atoms with E-state index in [9.17, 15) is 4.79 Å². The van der Waals surface area contributed by atoms with E-state index in [0.29, 0.717) is 6.29 Å². The Balaban J connectivity index is 2.80. The van der Waals surface area contributed by atoms with E-state index in [-0.39, 0.29) is 0 Å². The molecule has 5 heteroatoms. The van der Waals surface area contributed by atoms with Crippen LogP contribution in [0.15, 0.2) is 12.2 Å². The standard InChI is InChI=1S/C7H10O5/c1-6(10-2)3-4-7(5-8,11-6)12-9/h3-5,9H,1-2H3/t6-,7-/m1/s1. The molecule has 0 unspecified atom stereocenters. The molecular formula is C7H10O5. The van der Waals surface area contributed by atoms with Gasteiger partial charge in [0.1, 0.15) is 0 Å². The summed E-state index contributed by atoms with van der Waals surface area (Å²) in [5.41, 5.74) is 0. The fourth-order valence-corrected chi connectivity index (χ4v) is 0.896. The molecule has 1 aliphatic rings. The van der Waals surface area contributed by atoms with Gasteiger partial charge < -0.3 is 9.47 Å². The van der Waals surface area contributed by atoms with Gasteiger partial charge in [-0.25, -0.2) is 5.26 Å². The number of methoxy groups -OCH3 is 1. The van der Waals surface area contributed by atoms with E-state index in [0.717, 1.165) is 0 Å². The van der Waals surface area contributed by atoms with Gasteiger partial charge in [-0.05, 0) is 19.1 Å². The van der Waals surface area contributed by atoms with Crippen LogP contribution in [0.4, 0.5) is 0 Å². The molecule has 0 amide bonds. The smallest absolute Gasteiger partial charge is 0.279 e. The second-order valence-electron chi connectivity index (χ2n) is 2.59. The number of hydrogen-bond acceptors (Lipinski definition) is 5. The summed E-state index contributed by atoms with van der Waals surface area (Å²) in [5, 5.41) is 8.38. The lowest BCUT2D eigenvalue weighted by Crippen LogP contribution is -2.39. The Kier molecular flexibility index (Phi) is 2.29. The predicted octanol–water partition coefficient (Wildman–Crippen LogP) is 0.320. The Morgan fingerprint density at radius 1 is 1.58 bits per heavy atom. The highest BCUT2D eigenvalue weighted by atomic mass is 17.2. The van der Waals surface area contributed by atoms with Crippen LogP contribution >= 0.6 is 0 Å². The fourth-order valence-electron chi connectivity index (χ4n) is 0.896. The number of rotatable bonds is 3. The molecule has 0 aromatic rings. The van der Waals surface area contributed by atoms with Crippen LogP contribution in [0.2, 0.25) is 0 Å². The first-order valence-electron chi connectivity index (χ1n) is 3.34. The van der Waals surface area contributed by atoms with Gasteiger partial charge >= 0.3 is 0 Å². The molecule has 0 fully saturated rings. The Morgan fingerprint density at radius 2 is 2.25 bits per heavy atom. The lowest BCUT2D eigenvalue weighted by molar-refractivity contribution is -0.391. The van der Waals surface area contributed by atoms with E-state index in [1.165, 1.54) is 19.3 Å². The molecule has 1 aliphatic heterocycles. The number of ether oxygens (including phenoxy) is 2. The van der Waals surface area contributed by atoms with Crippen molar-refractivity contribution in [1.82, 2.24) is 0 Å². The van der Waals surface area contributed by atoms with Gasteiger partial charge in [-0.2, -0.15) is 4.89 Å². The van der Waals surface area contributed by atoms with Gasteiger partial charge in [0.15, 0.2) is 12.1 Å². The van der Waals surface area contributed by atoms with Crippen molar-refractivity contribution in [3.05, 3.63) is 12.2 Å². The Labute approximate surface area is 69.5 Å². The van der Waals surface area contributed by atoms with Gasteiger partial charge in [0.25, 0.3) is 5.79 Å². The second-order valence-corrected chi connectivity index (χ2v) is 2.59. The number of hydrogen-bond donors (Lipinski definition) is 1. The first-order valence-corrected chi connectivity index (χ1v) is 3.34. The van der Waals surface area contributed by atoms with Crippen molar-refractivity contribution in [3.63, 3.8) is 0 Å². The summed E-state index contributed by atoms with van der Waals surface area (Å²) in [4.78, 5) is 14.3. The average molecular weight is 174 g/mol. The zero-order valence-electron chi connectivity index (χ0n) is 6.81. The summed E-state index contributed by atoms with van der Waals surface area (Å²) >= 11 is 0. The molecule has 68 valence electrons. The molecule has 2 atom stereocenters. The van der Waals surface area contributed by atoms with Crippen molar-refractivity contribution in [1.29, 1.82) is 0 Å².